The quantitative estimate of drug-likeness (QED) is 0.716. The lowest BCUT2D eigenvalue weighted by atomic mass is 9.91. The first kappa shape index (κ1) is 17.5. The average molecular weight is 365 g/mol. The van der Waals surface area contributed by atoms with E-state index in [4.69, 9.17) is 23.2 Å². The van der Waals surface area contributed by atoms with Crippen LogP contribution in [0.4, 0.5) is 0 Å². The van der Waals surface area contributed by atoms with Crippen molar-refractivity contribution in [3.05, 3.63) is 40.0 Å². The predicted octanol–water partition coefficient (Wildman–Crippen LogP) is 5.63. The number of hydrogen-bond donors (Lipinski definition) is 1. The third kappa shape index (κ3) is 4.20. The molecule has 3 rings (SSSR count). The lowest BCUT2D eigenvalue weighted by molar-refractivity contribution is 0.0946. The summed E-state index contributed by atoms with van der Waals surface area (Å²) in [5.41, 5.74) is 1.17. The molecule has 0 aliphatic heterocycles. The highest BCUT2D eigenvalue weighted by Gasteiger charge is 2.18. The van der Waals surface area contributed by atoms with Crippen LogP contribution in [0.3, 0.4) is 0 Å². The molecule has 0 spiro atoms. The van der Waals surface area contributed by atoms with Crippen LogP contribution in [-0.4, -0.2) is 17.4 Å². The van der Waals surface area contributed by atoms with Crippen molar-refractivity contribution in [3.8, 4) is 0 Å². The molecule has 0 unspecified atom stereocenters. The van der Waals surface area contributed by atoms with E-state index >= 15 is 0 Å². The van der Waals surface area contributed by atoms with Crippen LogP contribution in [0.25, 0.3) is 10.9 Å². The normalized spacial score (nSPS) is 16.6. The molecular formula is C19H22Cl2N2O. The lowest BCUT2D eigenvalue weighted by Gasteiger charge is -2.20. The number of nitrogens with zero attached hydrogens (tertiary/aromatic N) is 1. The van der Waals surface area contributed by atoms with E-state index in [0.717, 1.165) is 5.39 Å². The molecule has 3 nitrogen and oxygen atoms in total. The summed E-state index contributed by atoms with van der Waals surface area (Å²) in [6.45, 7) is 0.715. The van der Waals surface area contributed by atoms with E-state index in [-0.39, 0.29) is 5.91 Å². The van der Waals surface area contributed by atoms with Crippen LogP contribution < -0.4 is 5.32 Å². The molecule has 0 bridgehead atoms. The largest absolute Gasteiger partial charge is 0.352 e. The van der Waals surface area contributed by atoms with Crippen LogP contribution in [0.1, 0.15) is 55.3 Å². The molecule has 2 aromatic rings. The fourth-order valence-corrected chi connectivity index (χ4v) is 3.86. The first-order valence-corrected chi connectivity index (χ1v) is 9.43. The number of carbonyl (C=O) groups excluding carboxylic acids is 1. The van der Waals surface area contributed by atoms with Crippen molar-refractivity contribution in [2.24, 2.45) is 5.92 Å². The molecule has 1 N–H and O–H groups in total. The Hall–Kier alpha value is -1.32. The average Bonchev–Trinajstić information content (AvgIpc) is 2.53. The summed E-state index contributed by atoms with van der Waals surface area (Å²) < 4.78 is 0. The zero-order chi connectivity index (χ0) is 16.9. The number of nitrogens with one attached hydrogen (secondary N) is 1. The topological polar surface area (TPSA) is 42.0 Å². The molecule has 1 saturated carbocycles. The van der Waals surface area contributed by atoms with Gasteiger partial charge in [-0.2, -0.15) is 0 Å². The fourth-order valence-electron chi connectivity index (χ4n) is 3.45. The Morgan fingerprint density at radius 2 is 1.75 bits per heavy atom. The van der Waals surface area contributed by atoms with Crippen molar-refractivity contribution in [1.82, 2.24) is 10.3 Å². The third-order valence-corrected chi connectivity index (χ3v) is 5.32. The summed E-state index contributed by atoms with van der Waals surface area (Å²) in [6.07, 6.45) is 8.88. The molecule has 1 amide bonds. The predicted molar refractivity (Wildman–Crippen MR) is 99.9 cm³/mol. The maximum Gasteiger partial charge on any atom is 0.253 e. The summed E-state index contributed by atoms with van der Waals surface area (Å²) in [7, 11) is 0. The van der Waals surface area contributed by atoms with Gasteiger partial charge in [-0.1, -0.05) is 55.3 Å². The second-order valence-corrected chi connectivity index (χ2v) is 7.34. The zero-order valence-corrected chi connectivity index (χ0v) is 15.2. The minimum absolute atomic E-state index is 0.128. The van der Waals surface area contributed by atoms with Crippen LogP contribution >= 0.6 is 23.2 Å². The summed E-state index contributed by atoms with van der Waals surface area (Å²) in [5, 5.41) is 4.67. The van der Waals surface area contributed by atoms with Crippen molar-refractivity contribution in [1.29, 1.82) is 0 Å². The lowest BCUT2D eigenvalue weighted by Crippen LogP contribution is -2.30. The molecule has 1 aliphatic carbocycles. The standard InChI is InChI=1S/C19H22Cl2N2O/c20-15-9-10-16-14(8-11-17(21)23-16)18(15)19(24)22-12-13-6-4-2-1-3-5-7-13/h8-11,13H,1-7,12H2,(H,22,24). The zero-order valence-electron chi connectivity index (χ0n) is 13.7. The van der Waals surface area contributed by atoms with Crippen LogP contribution in [0.5, 0.6) is 0 Å². The Morgan fingerprint density at radius 1 is 1.04 bits per heavy atom. The van der Waals surface area contributed by atoms with E-state index in [1.807, 2.05) is 0 Å². The van der Waals surface area contributed by atoms with Crippen molar-refractivity contribution in [3.63, 3.8) is 0 Å². The molecule has 1 aromatic heterocycles. The van der Waals surface area contributed by atoms with Gasteiger partial charge in [0.05, 0.1) is 16.1 Å². The highest BCUT2D eigenvalue weighted by molar-refractivity contribution is 6.35. The van der Waals surface area contributed by atoms with E-state index in [2.05, 4.69) is 10.3 Å². The Kier molecular flexibility index (Phi) is 5.96. The van der Waals surface area contributed by atoms with Crippen molar-refractivity contribution in [2.75, 3.05) is 6.54 Å². The van der Waals surface area contributed by atoms with Crippen LogP contribution in [0.2, 0.25) is 10.2 Å². The molecular weight excluding hydrogens is 343 g/mol. The van der Waals surface area contributed by atoms with Gasteiger partial charge < -0.3 is 5.32 Å². The maximum absolute atomic E-state index is 12.7. The summed E-state index contributed by atoms with van der Waals surface area (Å²) in [4.78, 5) is 17.0. The maximum atomic E-state index is 12.7. The van der Waals surface area contributed by atoms with Crippen molar-refractivity contribution >= 4 is 40.0 Å². The van der Waals surface area contributed by atoms with E-state index < -0.39 is 0 Å². The Labute approximate surface area is 152 Å². The van der Waals surface area contributed by atoms with Gasteiger partial charge in [0.25, 0.3) is 5.91 Å². The molecule has 0 atom stereocenters. The number of fused-ring (bicyclic) bond motifs is 1. The van der Waals surface area contributed by atoms with E-state index in [9.17, 15) is 4.79 Å². The van der Waals surface area contributed by atoms with Gasteiger partial charge in [0.1, 0.15) is 5.15 Å². The number of benzene rings is 1. The van der Waals surface area contributed by atoms with Gasteiger partial charge in [-0.05, 0) is 43.0 Å². The van der Waals surface area contributed by atoms with Gasteiger partial charge in [0.15, 0.2) is 0 Å². The van der Waals surface area contributed by atoms with Crippen molar-refractivity contribution in [2.45, 2.75) is 44.9 Å². The highest BCUT2D eigenvalue weighted by atomic mass is 35.5. The van der Waals surface area contributed by atoms with Gasteiger partial charge in [-0.15, -0.1) is 0 Å². The molecule has 1 aromatic carbocycles. The Balaban J connectivity index is 1.74. The number of aromatic nitrogens is 1. The van der Waals surface area contributed by atoms with Crippen LogP contribution in [-0.2, 0) is 0 Å². The minimum Gasteiger partial charge on any atom is -0.352 e. The Morgan fingerprint density at radius 3 is 2.50 bits per heavy atom. The molecule has 128 valence electrons. The third-order valence-electron chi connectivity index (χ3n) is 4.79. The molecule has 5 heteroatoms. The number of hydrogen-bond acceptors (Lipinski definition) is 2. The summed E-state index contributed by atoms with van der Waals surface area (Å²) >= 11 is 12.2. The number of halogens is 2. The molecule has 0 saturated heterocycles. The second-order valence-electron chi connectivity index (χ2n) is 6.54. The highest BCUT2D eigenvalue weighted by Crippen LogP contribution is 2.27. The van der Waals surface area contributed by atoms with Gasteiger partial charge in [0.2, 0.25) is 0 Å². The number of carbonyl (C=O) groups is 1. The van der Waals surface area contributed by atoms with Crippen LogP contribution in [0.15, 0.2) is 24.3 Å². The summed E-state index contributed by atoms with van der Waals surface area (Å²) in [5.74, 6) is 0.437. The van der Waals surface area contributed by atoms with E-state index in [1.54, 1.807) is 24.3 Å². The fraction of sp³-hybridized carbons (Fsp3) is 0.474. The smallest absolute Gasteiger partial charge is 0.253 e. The second kappa shape index (κ2) is 8.17. The molecule has 0 radical (unpaired) electrons. The van der Waals surface area contributed by atoms with Crippen molar-refractivity contribution < 1.29 is 4.79 Å². The molecule has 1 heterocycles. The molecule has 1 fully saturated rings. The van der Waals surface area contributed by atoms with Gasteiger partial charge in [-0.25, -0.2) is 4.98 Å². The molecule has 24 heavy (non-hydrogen) atoms. The first-order chi connectivity index (χ1) is 11.6. The Bertz CT molecular complexity index is 725. The minimum atomic E-state index is -0.128. The molecule has 1 aliphatic rings. The number of pyridine rings is 1. The van der Waals surface area contributed by atoms with E-state index in [0.29, 0.717) is 33.7 Å². The summed E-state index contributed by atoms with van der Waals surface area (Å²) in [6, 6.07) is 6.99. The van der Waals surface area contributed by atoms with Crippen LogP contribution in [0, 0.1) is 5.92 Å². The van der Waals surface area contributed by atoms with Gasteiger partial charge >= 0.3 is 0 Å². The number of amides is 1. The SMILES string of the molecule is O=C(NCC1CCCCCCC1)c1c(Cl)ccc2nc(Cl)ccc12. The monoisotopic (exact) mass is 364 g/mol. The van der Waals surface area contributed by atoms with Gasteiger partial charge in [-0.3, -0.25) is 4.79 Å². The first-order valence-electron chi connectivity index (χ1n) is 8.68. The van der Waals surface area contributed by atoms with E-state index in [1.165, 1.54) is 44.9 Å². The number of rotatable bonds is 3. The van der Waals surface area contributed by atoms with Gasteiger partial charge in [0, 0.05) is 11.9 Å².